The van der Waals surface area contributed by atoms with Crippen molar-refractivity contribution >= 4 is 51.2 Å². The highest BCUT2D eigenvalue weighted by atomic mass is 32.2. The van der Waals surface area contributed by atoms with Gasteiger partial charge in [-0.2, -0.15) is 0 Å². The highest BCUT2D eigenvalue weighted by Gasteiger charge is 2.25. The molecule has 19 heavy (non-hydrogen) atoms. The Balaban J connectivity index is 3.08. The van der Waals surface area contributed by atoms with Gasteiger partial charge in [-0.1, -0.05) is 12.7 Å². The molecule has 0 saturated carbocycles. The van der Waals surface area contributed by atoms with E-state index in [0.717, 1.165) is 0 Å². The first-order valence-corrected chi connectivity index (χ1v) is 7.33. The lowest BCUT2D eigenvalue weighted by molar-refractivity contribution is 0.0681. The molecule has 1 heterocycles. The number of fused-ring (bicyclic) bond motifs is 1. The van der Waals surface area contributed by atoms with Gasteiger partial charge in [-0.25, -0.2) is 9.59 Å². The fourth-order valence-corrected chi connectivity index (χ4v) is 3.78. The molecule has 0 aliphatic heterocycles. The third kappa shape index (κ3) is 2.02. The lowest BCUT2D eigenvalue weighted by Crippen LogP contribution is -2.07. The minimum atomic E-state index is -1.07. The number of carboxylic acids is 2. The number of benzene rings is 1. The van der Waals surface area contributed by atoms with E-state index in [9.17, 15) is 19.8 Å². The summed E-state index contributed by atoms with van der Waals surface area (Å²) in [7, 11) is 0. The molecule has 0 aliphatic rings. The molecule has 0 spiro atoms. The zero-order chi connectivity index (χ0) is 14.2. The van der Waals surface area contributed by atoms with E-state index in [0.29, 0.717) is 20.5 Å². The lowest BCUT2D eigenvalue weighted by atomic mass is 10.00. The first kappa shape index (κ1) is 13.6. The number of hydrogen-bond acceptors (Lipinski definition) is 4. The molecule has 0 aliphatic carbocycles. The number of hydrogen-bond donors (Lipinski definition) is 2. The molecule has 2 aromatic rings. The summed E-state index contributed by atoms with van der Waals surface area (Å²) in [4.78, 5) is 23.3. The molecule has 1 aromatic heterocycles. The van der Waals surface area contributed by atoms with Crippen LogP contribution in [0.2, 0.25) is 0 Å². The summed E-state index contributed by atoms with van der Waals surface area (Å²) >= 11 is 2.44. The summed E-state index contributed by atoms with van der Waals surface area (Å²) in [6.07, 6.45) is 3.12. The van der Waals surface area contributed by atoms with Gasteiger partial charge in [-0.15, -0.1) is 23.1 Å². The summed E-state index contributed by atoms with van der Waals surface area (Å²) in [5.41, 5.74) is 0.630. The van der Waals surface area contributed by atoms with Crippen LogP contribution in [-0.4, -0.2) is 28.4 Å². The van der Waals surface area contributed by atoms with E-state index in [1.165, 1.54) is 29.2 Å². The van der Waals surface area contributed by atoms with Crippen molar-refractivity contribution in [1.29, 1.82) is 0 Å². The number of rotatable bonds is 4. The van der Waals surface area contributed by atoms with Crippen molar-refractivity contribution in [2.75, 3.05) is 6.26 Å². The second-order valence-electron chi connectivity index (χ2n) is 3.67. The van der Waals surface area contributed by atoms with Gasteiger partial charge in [-0.05, 0) is 17.7 Å². The number of carbonyl (C=O) groups is 2. The Kier molecular flexibility index (Phi) is 3.64. The van der Waals surface area contributed by atoms with Crippen LogP contribution in [0.15, 0.2) is 22.9 Å². The van der Waals surface area contributed by atoms with Crippen LogP contribution >= 0.6 is 23.1 Å². The maximum Gasteiger partial charge on any atom is 0.337 e. The van der Waals surface area contributed by atoms with Crippen LogP contribution in [0.25, 0.3) is 16.2 Å². The van der Waals surface area contributed by atoms with E-state index >= 15 is 0 Å². The summed E-state index contributed by atoms with van der Waals surface area (Å²) in [5.74, 6) is -2.14. The molecule has 98 valence electrons. The summed E-state index contributed by atoms with van der Waals surface area (Å²) < 4.78 is 0.470. The number of thioether (sulfide) groups is 1. The molecule has 0 amide bonds. The molecular formula is C13H10O4S2. The van der Waals surface area contributed by atoms with E-state index in [1.54, 1.807) is 17.7 Å². The van der Waals surface area contributed by atoms with Crippen molar-refractivity contribution in [3.63, 3.8) is 0 Å². The van der Waals surface area contributed by atoms with E-state index in [-0.39, 0.29) is 11.1 Å². The largest absolute Gasteiger partial charge is 0.478 e. The zero-order valence-electron chi connectivity index (χ0n) is 9.97. The topological polar surface area (TPSA) is 74.6 Å². The fourth-order valence-electron chi connectivity index (χ4n) is 2.02. The van der Waals surface area contributed by atoms with Crippen LogP contribution in [-0.2, 0) is 0 Å². The summed E-state index contributed by atoms with van der Waals surface area (Å²) in [5, 5.41) is 20.9. The zero-order valence-corrected chi connectivity index (χ0v) is 11.6. The van der Waals surface area contributed by atoms with Crippen LogP contribution in [0.1, 0.15) is 26.3 Å². The van der Waals surface area contributed by atoms with E-state index in [2.05, 4.69) is 6.58 Å². The van der Waals surface area contributed by atoms with Gasteiger partial charge in [0, 0.05) is 15.8 Å². The third-order valence-corrected chi connectivity index (χ3v) is 4.50. The van der Waals surface area contributed by atoms with Gasteiger partial charge in [-0.3, -0.25) is 0 Å². The van der Waals surface area contributed by atoms with Crippen LogP contribution < -0.4 is 0 Å². The standard InChI is InChI=1S/C13H10O4S2/c1-3-6-8(12(14)15)11-7(4-5-19-11)9(13(16)17)10(6)18-2/h3-5H,1H2,2H3,(H,14,15)(H,16,17). The lowest BCUT2D eigenvalue weighted by Gasteiger charge is -2.12. The van der Waals surface area contributed by atoms with Crippen molar-refractivity contribution in [3.05, 3.63) is 34.7 Å². The number of thiophene rings is 1. The van der Waals surface area contributed by atoms with Crippen LogP contribution in [0.5, 0.6) is 0 Å². The second kappa shape index (κ2) is 5.07. The molecule has 1 aromatic carbocycles. The number of carboxylic acid groups (broad SMARTS) is 2. The van der Waals surface area contributed by atoms with Crippen molar-refractivity contribution in [1.82, 2.24) is 0 Å². The van der Waals surface area contributed by atoms with E-state index < -0.39 is 11.9 Å². The van der Waals surface area contributed by atoms with Gasteiger partial charge in [0.05, 0.1) is 15.8 Å². The van der Waals surface area contributed by atoms with Gasteiger partial charge in [0.25, 0.3) is 0 Å². The minimum Gasteiger partial charge on any atom is -0.478 e. The smallest absolute Gasteiger partial charge is 0.337 e. The van der Waals surface area contributed by atoms with Crippen LogP contribution in [0.4, 0.5) is 0 Å². The Morgan fingerprint density at radius 3 is 2.42 bits per heavy atom. The van der Waals surface area contributed by atoms with Gasteiger partial charge < -0.3 is 10.2 Å². The first-order valence-electron chi connectivity index (χ1n) is 5.23. The van der Waals surface area contributed by atoms with Crippen molar-refractivity contribution in [2.24, 2.45) is 0 Å². The Morgan fingerprint density at radius 2 is 1.95 bits per heavy atom. The maximum absolute atomic E-state index is 11.5. The molecule has 0 bridgehead atoms. The van der Waals surface area contributed by atoms with Crippen LogP contribution in [0, 0.1) is 0 Å². The molecule has 0 atom stereocenters. The number of aromatic carboxylic acids is 2. The molecule has 0 saturated heterocycles. The molecular weight excluding hydrogens is 284 g/mol. The predicted octanol–water partition coefficient (Wildman–Crippen LogP) is 3.66. The van der Waals surface area contributed by atoms with Gasteiger partial charge in [0.2, 0.25) is 0 Å². The monoisotopic (exact) mass is 294 g/mol. The van der Waals surface area contributed by atoms with Gasteiger partial charge in [0.1, 0.15) is 0 Å². The molecule has 2 N–H and O–H groups in total. The summed E-state index contributed by atoms with van der Waals surface area (Å²) in [6.45, 7) is 3.61. The molecule has 4 nitrogen and oxygen atoms in total. The molecule has 0 unspecified atom stereocenters. The van der Waals surface area contributed by atoms with Gasteiger partial charge in [0.15, 0.2) is 0 Å². The van der Waals surface area contributed by atoms with Gasteiger partial charge >= 0.3 is 11.9 Å². The highest BCUT2D eigenvalue weighted by Crippen LogP contribution is 2.39. The SMILES string of the molecule is C=Cc1c(SC)c(C(=O)O)c2ccsc2c1C(=O)O. The molecule has 0 fully saturated rings. The molecule has 2 rings (SSSR count). The second-order valence-corrected chi connectivity index (χ2v) is 5.41. The van der Waals surface area contributed by atoms with E-state index in [4.69, 9.17) is 0 Å². The molecule has 0 radical (unpaired) electrons. The molecule has 6 heteroatoms. The Morgan fingerprint density at radius 1 is 1.32 bits per heavy atom. The van der Waals surface area contributed by atoms with E-state index in [1.807, 2.05) is 0 Å². The van der Waals surface area contributed by atoms with Crippen molar-refractivity contribution in [2.45, 2.75) is 4.90 Å². The fraction of sp³-hybridized carbons (Fsp3) is 0.0769. The normalized spacial score (nSPS) is 10.6. The predicted molar refractivity (Wildman–Crippen MR) is 77.6 cm³/mol. The minimum absolute atomic E-state index is 0.120. The van der Waals surface area contributed by atoms with Crippen molar-refractivity contribution in [3.8, 4) is 0 Å². The average molecular weight is 294 g/mol. The maximum atomic E-state index is 11.5. The highest BCUT2D eigenvalue weighted by molar-refractivity contribution is 7.98. The van der Waals surface area contributed by atoms with Crippen LogP contribution in [0.3, 0.4) is 0 Å². The quantitative estimate of drug-likeness (QED) is 0.842. The Labute approximate surface area is 117 Å². The van der Waals surface area contributed by atoms with Crippen molar-refractivity contribution < 1.29 is 19.8 Å². The Hall–Kier alpha value is -1.79. The third-order valence-electron chi connectivity index (χ3n) is 2.74. The summed E-state index contributed by atoms with van der Waals surface area (Å²) in [6, 6.07) is 1.64. The Bertz CT molecular complexity index is 700. The average Bonchev–Trinajstić information content (AvgIpc) is 2.82. The first-order chi connectivity index (χ1) is 9.02.